The van der Waals surface area contributed by atoms with Gasteiger partial charge in [0.2, 0.25) is 11.8 Å². The van der Waals surface area contributed by atoms with Gasteiger partial charge in [-0.15, -0.1) is 0 Å². The number of hydrogen-bond donors (Lipinski definition) is 6. The van der Waals surface area contributed by atoms with E-state index in [1.54, 1.807) is 20.0 Å². The Kier molecular flexibility index (Phi) is 9.02. The number of H-pyrrole nitrogens is 1. The number of nitrogens with two attached hydrogens (primary N) is 2. The molecule has 1 aromatic carbocycles. The van der Waals surface area contributed by atoms with Gasteiger partial charge in [-0.25, -0.2) is 4.79 Å². The van der Waals surface area contributed by atoms with E-state index in [2.05, 4.69) is 15.6 Å². The van der Waals surface area contributed by atoms with Crippen molar-refractivity contribution in [1.29, 1.82) is 0 Å². The number of benzene rings is 1. The van der Waals surface area contributed by atoms with Crippen LogP contribution in [-0.2, 0) is 20.8 Å². The smallest absolute Gasteiger partial charge is 0.326 e. The van der Waals surface area contributed by atoms with Gasteiger partial charge in [-0.3, -0.25) is 9.59 Å². The van der Waals surface area contributed by atoms with E-state index >= 15 is 0 Å². The highest BCUT2D eigenvalue weighted by molar-refractivity contribution is 5.92. The third-order valence-electron chi connectivity index (χ3n) is 5.27. The number of carboxylic acids is 1. The molecule has 0 saturated carbocycles. The highest BCUT2D eigenvalue weighted by Gasteiger charge is 2.30. The standard InChI is InChI=1S/C22H33N5O4/c1-13(2)19(27-20(28)16(24)8-5-6-10-23)21(29)26-18(22(30)31)11-14-12-25-17-9-4-3-7-15(14)17/h3-4,7,9,12-13,16,18-19,25H,5-6,8,10-11,23-24H2,1-2H3,(H,26,29)(H,27,28)(H,30,31). The Balaban J connectivity index is 2.06. The summed E-state index contributed by atoms with van der Waals surface area (Å²) in [5, 5.41) is 15.8. The molecule has 0 spiro atoms. The summed E-state index contributed by atoms with van der Waals surface area (Å²) in [6.07, 6.45) is 3.81. The Morgan fingerprint density at radius 2 is 1.81 bits per heavy atom. The van der Waals surface area contributed by atoms with Crippen LogP contribution in [0.2, 0.25) is 0 Å². The number of aromatic amines is 1. The maximum absolute atomic E-state index is 12.9. The zero-order chi connectivity index (χ0) is 23.0. The topological polar surface area (TPSA) is 163 Å². The molecule has 0 fully saturated rings. The molecule has 2 aromatic rings. The number of nitrogens with one attached hydrogen (secondary N) is 3. The fraction of sp³-hybridized carbons (Fsp3) is 0.500. The number of fused-ring (bicyclic) bond motifs is 1. The first-order valence-corrected chi connectivity index (χ1v) is 10.6. The normalized spacial score (nSPS) is 14.2. The summed E-state index contributed by atoms with van der Waals surface area (Å²) in [5.41, 5.74) is 13.1. The van der Waals surface area contributed by atoms with Gasteiger partial charge in [-0.05, 0) is 36.9 Å². The van der Waals surface area contributed by atoms with Crippen LogP contribution in [-0.4, -0.2) is 52.5 Å². The second kappa shape index (κ2) is 11.5. The van der Waals surface area contributed by atoms with Gasteiger partial charge < -0.3 is 32.2 Å². The molecule has 0 bridgehead atoms. The number of carbonyl (C=O) groups is 3. The minimum absolute atomic E-state index is 0.114. The average Bonchev–Trinajstić information content (AvgIpc) is 3.13. The van der Waals surface area contributed by atoms with Gasteiger partial charge >= 0.3 is 5.97 Å². The lowest BCUT2D eigenvalue weighted by Gasteiger charge is -2.25. The van der Waals surface area contributed by atoms with Crippen LogP contribution in [0.15, 0.2) is 30.5 Å². The SMILES string of the molecule is CC(C)C(NC(=O)C(N)CCCCN)C(=O)NC(Cc1c[nH]c2ccccc12)C(=O)O. The second-order valence-corrected chi connectivity index (χ2v) is 8.08. The first-order valence-electron chi connectivity index (χ1n) is 10.6. The number of rotatable bonds is 12. The molecular formula is C22H33N5O4. The third-order valence-corrected chi connectivity index (χ3v) is 5.27. The second-order valence-electron chi connectivity index (χ2n) is 8.08. The number of aromatic nitrogens is 1. The van der Waals surface area contributed by atoms with Crippen molar-refractivity contribution in [2.75, 3.05) is 6.54 Å². The van der Waals surface area contributed by atoms with Crippen molar-refractivity contribution in [2.45, 2.75) is 57.7 Å². The number of para-hydroxylation sites is 1. The molecule has 9 nitrogen and oxygen atoms in total. The molecule has 1 heterocycles. The molecule has 0 radical (unpaired) electrons. The van der Waals surface area contributed by atoms with E-state index in [-0.39, 0.29) is 12.3 Å². The minimum atomic E-state index is -1.15. The van der Waals surface area contributed by atoms with E-state index in [9.17, 15) is 19.5 Å². The van der Waals surface area contributed by atoms with Crippen LogP contribution >= 0.6 is 0 Å². The van der Waals surface area contributed by atoms with Crippen molar-refractivity contribution in [1.82, 2.24) is 15.6 Å². The van der Waals surface area contributed by atoms with E-state index in [1.807, 2.05) is 24.3 Å². The Bertz CT molecular complexity index is 895. The Morgan fingerprint density at radius 3 is 2.45 bits per heavy atom. The average molecular weight is 432 g/mol. The molecule has 8 N–H and O–H groups in total. The summed E-state index contributed by atoms with van der Waals surface area (Å²) >= 11 is 0. The fourth-order valence-corrected chi connectivity index (χ4v) is 3.42. The number of unbranched alkanes of at least 4 members (excludes halogenated alkanes) is 1. The van der Waals surface area contributed by atoms with Gasteiger partial charge in [-0.1, -0.05) is 38.5 Å². The molecule has 3 unspecified atom stereocenters. The zero-order valence-electron chi connectivity index (χ0n) is 18.1. The number of amides is 2. The molecular weight excluding hydrogens is 398 g/mol. The number of carbonyl (C=O) groups excluding carboxylic acids is 2. The van der Waals surface area contributed by atoms with Gasteiger partial charge in [0.15, 0.2) is 0 Å². The van der Waals surface area contributed by atoms with E-state index in [0.29, 0.717) is 13.0 Å². The number of aliphatic carboxylic acids is 1. The minimum Gasteiger partial charge on any atom is -0.480 e. The lowest BCUT2D eigenvalue weighted by atomic mass is 10.00. The van der Waals surface area contributed by atoms with Crippen molar-refractivity contribution < 1.29 is 19.5 Å². The van der Waals surface area contributed by atoms with Crippen molar-refractivity contribution >= 4 is 28.7 Å². The van der Waals surface area contributed by atoms with Crippen LogP contribution < -0.4 is 22.1 Å². The molecule has 2 amide bonds. The highest BCUT2D eigenvalue weighted by atomic mass is 16.4. The maximum atomic E-state index is 12.9. The first kappa shape index (κ1) is 24.4. The fourth-order valence-electron chi connectivity index (χ4n) is 3.42. The molecule has 9 heteroatoms. The summed E-state index contributed by atoms with van der Waals surface area (Å²) in [4.78, 5) is 40.2. The van der Waals surface area contributed by atoms with Gasteiger partial charge in [0.05, 0.1) is 6.04 Å². The third kappa shape index (κ3) is 6.80. The number of carboxylic acid groups (broad SMARTS) is 1. The van der Waals surface area contributed by atoms with E-state index in [1.165, 1.54) is 0 Å². The molecule has 170 valence electrons. The molecule has 31 heavy (non-hydrogen) atoms. The summed E-state index contributed by atoms with van der Waals surface area (Å²) < 4.78 is 0. The predicted octanol–water partition coefficient (Wildman–Crippen LogP) is 0.877. The highest BCUT2D eigenvalue weighted by Crippen LogP contribution is 2.19. The lowest BCUT2D eigenvalue weighted by Crippen LogP contribution is -2.56. The molecule has 0 saturated heterocycles. The van der Waals surface area contributed by atoms with Gasteiger partial charge in [0.1, 0.15) is 12.1 Å². The molecule has 1 aromatic heterocycles. The predicted molar refractivity (Wildman–Crippen MR) is 119 cm³/mol. The summed E-state index contributed by atoms with van der Waals surface area (Å²) in [5.74, 6) is -2.38. The maximum Gasteiger partial charge on any atom is 0.326 e. The van der Waals surface area contributed by atoms with Gasteiger partial charge in [0.25, 0.3) is 0 Å². The van der Waals surface area contributed by atoms with Gasteiger partial charge in [0, 0.05) is 23.5 Å². The molecule has 0 aliphatic rings. The summed E-state index contributed by atoms with van der Waals surface area (Å²) in [6, 6.07) is 4.77. The van der Waals surface area contributed by atoms with E-state index in [4.69, 9.17) is 11.5 Å². The number of hydrogen-bond acceptors (Lipinski definition) is 5. The van der Waals surface area contributed by atoms with Crippen LogP contribution in [0, 0.1) is 5.92 Å². The van der Waals surface area contributed by atoms with Crippen molar-refractivity contribution in [3.05, 3.63) is 36.0 Å². The van der Waals surface area contributed by atoms with E-state index < -0.39 is 35.9 Å². The molecule has 3 atom stereocenters. The van der Waals surface area contributed by atoms with Crippen LogP contribution in [0.5, 0.6) is 0 Å². The van der Waals surface area contributed by atoms with Crippen LogP contribution in [0.1, 0.15) is 38.7 Å². The van der Waals surface area contributed by atoms with Crippen molar-refractivity contribution in [2.24, 2.45) is 17.4 Å². The molecule has 2 rings (SSSR count). The largest absolute Gasteiger partial charge is 0.480 e. The first-order chi connectivity index (χ1) is 14.7. The summed E-state index contributed by atoms with van der Waals surface area (Å²) in [6.45, 7) is 4.08. The zero-order valence-corrected chi connectivity index (χ0v) is 18.1. The van der Waals surface area contributed by atoms with E-state index in [0.717, 1.165) is 29.3 Å². The monoisotopic (exact) mass is 431 g/mol. The van der Waals surface area contributed by atoms with Gasteiger partial charge in [-0.2, -0.15) is 0 Å². The molecule has 0 aliphatic heterocycles. The van der Waals surface area contributed by atoms with Crippen molar-refractivity contribution in [3.63, 3.8) is 0 Å². The molecule has 0 aliphatic carbocycles. The van der Waals surface area contributed by atoms with Crippen LogP contribution in [0.3, 0.4) is 0 Å². The Morgan fingerprint density at radius 1 is 1.10 bits per heavy atom. The van der Waals surface area contributed by atoms with Crippen molar-refractivity contribution in [3.8, 4) is 0 Å². The van der Waals surface area contributed by atoms with Crippen LogP contribution in [0.25, 0.3) is 10.9 Å². The Labute approximate surface area is 181 Å². The Hall–Kier alpha value is -2.91. The van der Waals surface area contributed by atoms with Crippen LogP contribution in [0.4, 0.5) is 0 Å². The quantitative estimate of drug-likeness (QED) is 0.273. The summed E-state index contributed by atoms with van der Waals surface area (Å²) in [7, 11) is 0. The lowest BCUT2D eigenvalue weighted by molar-refractivity contribution is -0.142.